The number of aliphatic hydroxyl groups is 2. The van der Waals surface area contributed by atoms with E-state index in [1.54, 1.807) is 30.2 Å². The number of aryl methyl sites for hydroxylation is 1. The third-order valence-electron chi connectivity index (χ3n) is 2.71. The van der Waals surface area contributed by atoms with Crippen LogP contribution in [0.4, 0.5) is 0 Å². The standard InChI is InChI=1S/C11H15N3O3/c1-13-5-8(4-12-13)2-3-11(17)14-6-9(15)10(16)7-14/h2-5,9-10,15-16H,6-7H2,1H3/t9-,10+. The first-order valence-corrected chi connectivity index (χ1v) is 5.38. The van der Waals surface area contributed by atoms with Gasteiger partial charge in [0.2, 0.25) is 5.91 Å². The largest absolute Gasteiger partial charge is 0.388 e. The first-order valence-electron chi connectivity index (χ1n) is 5.38. The molecule has 6 nitrogen and oxygen atoms in total. The number of β-amino-alcohol motifs (C(OH)–C–C–N with tert-alkyl or cyclic N) is 2. The third kappa shape index (κ3) is 2.72. The molecular weight excluding hydrogens is 222 g/mol. The third-order valence-corrected chi connectivity index (χ3v) is 2.71. The molecule has 1 saturated heterocycles. The summed E-state index contributed by atoms with van der Waals surface area (Å²) in [6, 6.07) is 0. The fourth-order valence-corrected chi connectivity index (χ4v) is 1.75. The molecule has 1 aliphatic heterocycles. The van der Waals surface area contributed by atoms with Crippen LogP contribution in [0.25, 0.3) is 6.08 Å². The summed E-state index contributed by atoms with van der Waals surface area (Å²) in [7, 11) is 1.80. The number of carbonyl (C=O) groups excluding carboxylic acids is 1. The van der Waals surface area contributed by atoms with Gasteiger partial charge in [0.15, 0.2) is 0 Å². The lowest BCUT2D eigenvalue weighted by Crippen LogP contribution is -2.27. The minimum absolute atomic E-state index is 0.178. The summed E-state index contributed by atoms with van der Waals surface area (Å²) < 4.78 is 1.65. The number of rotatable bonds is 2. The molecule has 92 valence electrons. The molecule has 0 unspecified atom stereocenters. The van der Waals surface area contributed by atoms with Gasteiger partial charge in [0.05, 0.1) is 18.4 Å². The second-order valence-electron chi connectivity index (χ2n) is 4.16. The Morgan fingerprint density at radius 2 is 2.12 bits per heavy atom. The van der Waals surface area contributed by atoms with Crippen LogP contribution < -0.4 is 0 Å². The molecule has 1 aromatic heterocycles. The predicted molar refractivity (Wildman–Crippen MR) is 60.8 cm³/mol. The molecule has 1 aliphatic rings. The van der Waals surface area contributed by atoms with Crippen LogP contribution in [-0.4, -0.2) is 56.1 Å². The molecule has 2 rings (SSSR count). The second kappa shape index (κ2) is 4.68. The lowest BCUT2D eigenvalue weighted by atomic mass is 10.3. The molecule has 0 aromatic carbocycles. The quantitative estimate of drug-likeness (QED) is 0.646. The van der Waals surface area contributed by atoms with Crippen LogP contribution in [0.5, 0.6) is 0 Å². The van der Waals surface area contributed by atoms with Crippen LogP contribution in [0.1, 0.15) is 5.56 Å². The number of carbonyl (C=O) groups is 1. The zero-order valence-electron chi connectivity index (χ0n) is 9.52. The Labute approximate surface area is 98.8 Å². The maximum atomic E-state index is 11.7. The summed E-state index contributed by atoms with van der Waals surface area (Å²) in [4.78, 5) is 13.1. The van der Waals surface area contributed by atoms with Crippen LogP contribution in [0.3, 0.4) is 0 Å². The van der Waals surface area contributed by atoms with Crippen LogP contribution in [0, 0.1) is 0 Å². The summed E-state index contributed by atoms with van der Waals surface area (Å²) in [6.45, 7) is 0.356. The number of aliphatic hydroxyl groups excluding tert-OH is 2. The van der Waals surface area contributed by atoms with Crippen LogP contribution >= 0.6 is 0 Å². The molecule has 1 aromatic rings. The van der Waals surface area contributed by atoms with Gasteiger partial charge in [-0.05, 0) is 6.08 Å². The van der Waals surface area contributed by atoms with Crippen molar-refractivity contribution in [1.82, 2.24) is 14.7 Å². The van der Waals surface area contributed by atoms with Gasteiger partial charge >= 0.3 is 0 Å². The molecule has 1 fully saturated rings. The van der Waals surface area contributed by atoms with Gasteiger partial charge in [-0.1, -0.05) is 0 Å². The summed E-state index contributed by atoms with van der Waals surface area (Å²) in [5.41, 5.74) is 0.834. The smallest absolute Gasteiger partial charge is 0.246 e. The monoisotopic (exact) mass is 237 g/mol. The van der Waals surface area contributed by atoms with Gasteiger partial charge in [-0.25, -0.2) is 0 Å². The maximum Gasteiger partial charge on any atom is 0.246 e. The average molecular weight is 237 g/mol. The van der Waals surface area contributed by atoms with Crippen LogP contribution in [0.15, 0.2) is 18.5 Å². The number of hydrogen-bond acceptors (Lipinski definition) is 4. The van der Waals surface area contributed by atoms with Crippen LogP contribution in [0.2, 0.25) is 0 Å². The molecule has 2 heterocycles. The summed E-state index contributed by atoms with van der Waals surface area (Å²) >= 11 is 0. The Morgan fingerprint density at radius 1 is 1.47 bits per heavy atom. The van der Waals surface area contributed by atoms with Crippen molar-refractivity contribution in [2.45, 2.75) is 12.2 Å². The van der Waals surface area contributed by atoms with Crippen molar-refractivity contribution < 1.29 is 15.0 Å². The van der Waals surface area contributed by atoms with Crippen molar-refractivity contribution in [3.8, 4) is 0 Å². The van der Waals surface area contributed by atoms with Gasteiger partial charge in [-0.15, -0.1) is 0 Å². The van der Waals surface area contributed by atoms with Gasteiger partial charge in [0.1, 0.15) is 0 Å². The Bertz CT molecular complexity index is 431. The normalized spacial score (nSPS) is 24.8. The van der Waals surface area contributed by atoms with Crippen molar-refractivity contribution in [3.63, 3.8) is 0 Å². The van der Waals surface area contributed by atoms with E-state index in [1.165, 1.54) is 11.0 Å². The highest BCUT2D eigenvalue weighted by atomic mass is 16.3. The summed E-state index contributed by atoms with van der Waals surface area (Å²) in [5.74, 6) is -0.218. The zero-order chi connectivity index (χ0) is 12.4. The molecule has 17 heavy (non-hydrogen) atoms. The Kier molecular flexibility index (Phi) is 3.26. The van der Waals surface area contributed by atoms with E-state index in [0.29, 0.717) is 0 Å². The lowest BCUT2D eigenvalue weighted by molar-refractivity contribution is -0.125. The van der Waals surface area contributed by atoms with Crippen LogP contribution in [-0.2, 0) is 11.8 Å². The van der Waals surface area contributed by atoms with Gasteiger partial charge in [0, 0.05) is 38.0 Å². The van der Waals surface area contributed by atoms with Gasteiger partial charge in [0.25, 0.3) is 0 Å². The van der Waals surface area contributed by atoms with Crippen molar-refractivity contribution in [1.29, 1.82) is 0 Å². The van der Waals surface area contributed by atoms with E-state index < -0.39 is 12.2 Å². The molecule has 0 spiro atoms. The molecule has 1 amide bonds. The SMILES string of the molecule is Cn1cc(C=CC(=O)N2C[C@@H](O)[C@@H](O)C2)cn1. The highest BCUT2D eigenvalue weighted by Gasteiger charge is 2.31. The van der Waals surface area contributed by atoms with E-state index in [2.05, 4.69) is 5.10 Å². The average Bonchev–Trinajstić information content (AvgIpc) is 2.83. The Hall–Kier alpha value is -1.66. The molecule has 0 aliphatic carbocycles. The maximum absolute atomic E-state index is 11.7. The highest BCUT2D eigenvalue weighted by molar-refractivity contribution is 5.91. The molecule has 6 heteroatoms. The predicted octanol–water partition coefficient (Wildman–Crippen LogP) is -1.00. The minimum Gasteiger partial charge on any atom is -0.388 e. The molecule has 0 bridgehead atoms. The number of likely N-dealkylation sites (tertiary alicyclic amines) is 1. The lowest BCUT2D eigenvalue weighted by Gasteiger charge is -2.11. The van der Waals surface area contributed by atoms with Crippen molar-refractivity contribution in [2.75, 3.05) is 13.1 Å². The summed E-state index contributed by atoms with van der Waals surface area (Å²) in [6.07, 6.45) is 4.83. The number of hydrogen-bond donors (Lipinski definition) is 2. The van der Waals surface area contributed by atoms with Crippen molar-refractivity contribution >= 4 is 12.0 Å². The van der Waals surface area contributed by atoms with Gasteiger partial charge < -0.3 is 15.1 Å². The number of nitrogens with zero attached hydrogens (tertiary/aromatic N) is 3. The van der Waals surface area contributed by atoms with E-state index in [1.807, 2.05) is 0 Å². The first kappa shape index (κ1) is 11.8. The zero-order valence-corrected chi connectivity index (χ0v) is 9.52. The first-order chi connectivity index (χ1) is 8.06. The Balaban J connectivity index is 1.96. The van der Waals surface area contributed by atoms with E-state index >= 15 is 0 Å². The molecule has 0 radical (unpaired) electrons. The molecule has 0 saturated carbocycles. The molecular formula is C11H15N3O3. The molecule has 2 N–H and O–H groups in total. The van der Waals surface area contributed by atoms with E-state index in [-0.39, 0.29) is 19.0 Å². The van der Waals surface area contributed by atoms with E-state index in [4.69, 9.17) is 0 Å². The number of aromatic nitrogens is 2. The van der Waals surface area contributed by atoms with Crippen molar-refractivity contribution in [3.05, 3.63) is 24.0 Å². The van der Waals surface area contributed by atoms with Gasteiger partial charge in [-0.3, -0.25) is 9.48 Å². The van der Waals surface area contributed by atoms with E-state index in [0.717, 1.165) is 5.56 Å². The number of amides is 1. The molecule has 2 atom stereocenters. The summed E-state index contributed by atoms with van der Waals surface area (Å²) in [5, 5.41) is 22.6. The fourth-order valence-electron chi connectivity index (χ4n) is 1.75. The topological polar surface area (TPSA) is 78.6 Å². The van der Waals surface area contributed by atoms with Crippen molar-refractivity contribution in [2.24, 2.45) is 7.05 Å². The van der Waals surface area contributed by atoms with Gasteiger partial charge in [-0.2, -0.15) is 5.10 Å². The fraction of sp³-hybridized carbons (Fsp3) is 0.455. The highest BCUT2D eigenvalue weighted by Crippen LogP contribution is 2.11. The second-order valence-corrected chi connectivity index (χ2v) is 4.16. The Morgan fingerprint density at radius 3 is 2.65 bits per heavy atom. The van der Waals surface area contributed by atoms with E-state index in [9.17, 15) is 15.0 Å². The minimum atomic E-state index is -0.842.